The molecule has 7 rings (SSSR count). The molecule has 1 aliphatic carbocycles. The smallest absolute Gasteiger partial charge is 0.256 e. The fourth-order valence-corrected chi connectivity index (χ4v) is 9.42. The first-order valence-electron chi connectivity index (χ1n) is 16.5. The van der Waals surface area contributed by atoms with Gasteiger partial charge in [0.05, 0.1) is 17.3 Å². The number of unbranched alkanes of at least 4 members (excludes halogenated alkanes) is 1. The lowest BCUT2D eigenvalue weighted by Gasteiger charge is -2.29. The van der Waals surface area contributed by atoms with Crippen LogP contribution in [-0.2, 0) is 31.4 Å². The number of carbonyl (C=O) groups is 1. The number of amides is 1. The number of halogens is 3. The van der Waals surface area contributed by atoms with Crippen molar-refractivity contribution in [1.82, 2.24) is 30.2 Å². The monoisotopic (exact) mass is 807 g/mol. The van der Waals surface area contributed by atoms with Gasteiger partial charge in [0.2, 0.25) is 25.9 Å². The van der Waals surface area contributed by atoms with Crippen molar-refractivity contribution in [2.24, 2.45) is 10.1 Å². The lowest BCUT2D eigenvalue weighted by molar-refractivity contribution is -0.131. The molecular weight excluding hydrogens is 773 g/mol. The Balaban J connectivity index is 0.000000200. The fraction of sp³-hybridized carbons (Fsp3) is 0.364. The number of H-pyrrole nitrogens is 1. The number of hydrogen-bond acceptors (Lipinski definition) is 10. The Morgan fingerprint density at radius 3 is 2.37 bits per heavy atom. The average molecular weight is 809 g/mol. The van der Waals surface area contributed by atoms with Crippen LogP contribution in [0.4, 0.5) is 5.69 Å². The predicted octanol–water partition coefficient (Wildman–Crippen LogP) is 5.60. The van der Waals surface area contributed by atoms with Gasteiger partial charge in [0.15, 0.2) is 0 Å². The van der Waals surface area contributed by atoms with Crippen molar-refractivity contribution in [3.8, 4) is 22.5 Å². The van der Waals surface area contributed by atoms with E-state index in [0.717, 1.165) is 85.2 Å². The van der Waals surface area contributed by atoms with Crippen LogP contribution in [0.3, 0.4) is 0 Å². The highest BCUT2D eigenvalue weighted by Gasteiger charge is 2.49. The van der Waals surface area contributed by atoms with Crippen LogP contribution in [0.2, 0.25) is 5.02 Å². The van der Waals surface area contributed by atoms with Crippen LogP contribution in [0.15, 0.2) is 75.4 Å². The molecule has 1 aromatic heterocycles. The van der Waals surface area contributed by atoms with Crippen LogP contribution in [0.1, 0.15) is 57.4 Å². The maximum absolute atomic E-state index is 13.4. The molecule has 2 aliphatic heterocycles. The summed E-state index contributed by atoms with van der Waals surface area (Å²) in [4.78, 5) is 18.4. The Morgan fingerprint density at radius 1 is 1.06 bits per heavy atom. The molecule has 19 heteroatoms. The molecule has 0 saturated heterocycles. The number of primary sulfonamides is 1. The summed E-state index contributed by atoms with van der Waals surface area (Å²) in [6, 6.07) is 18.4. The van der Waals surface area contributed by atoms with Crippen LogP contribution in [0, 0.1) is 0 Å². The molecule has 1 amide bonds. The number of tetrazole rings is 1. The standard InChI is InChI=1S/C25H28N6O.C8H8Cl3N3O4S2/c1-2-3-10-22-26-25(15-6-7-16-25)24(32)31(22)17-18-11-13-19(14-12-18)20-8-4-5-9-21(20)23-27-29-30-28-23;9-3-1-4-6(2-5(3)19(12,15)16)20(17,18)14-8(13-4)7(10)11/h4-5,8-9,11-14H,2-3,6-7,10,15-17H2,1H3,(H,27,28,29,30);1-2,7-8,13-14H,(H2,12,15,16). The van der Waals surface area contributed by atoms with E-state index >= 15 is 0 Å². The van der Waals surface area contributed by atoms with Gasteiger partial charge in [-0.25, -0.2) is 22.0 Å². The normalized spacial score (nSPS) is 18.9. The second-order valence-corrected chi connectivity index (χ2v) is 17.4. The van der Waals surface area contributed by atoms with Crippen molar-refractivity contribution in [2.75, 3.05) is 5.32 Å². The van der Waals surface area contributed by atoms with E-state index in [1.165, 1.54) is 0 Å². The van der Waals surface area contributed by atoms with E-state index in [9.17, 15) is 21.6 Å². The number of nitrogens with one attached hydrogen (secondary N) is 3. The summed E-state index contributed by atoms with van der Waals surface area (Å²) in [5.41, 5.74) is 3.77. The fourth-order valence-electron chi connectivity index (χ4n) is 6.51. The number of rotatable bonds is 9. The van der Waals surface area contributed by atoms with E-state index in [2.05, 4.69) is 67.9 Å². The van der Waals surface area contributed by atoms with Gasteiger partial charge in [0.1, 0.15) is 32.2 Å². The lowest BCUT2D eigenvalue weighted by atomic mass is 9.97. The van der Waals surface area contributed by atoms with Crippen LogP contribution in [0.25, 0.3) is 22.5 Å². The largest absolute Gasteiger partial charge is 0.366 e. The summed E-state index contributed by atoms with van der Waals surface area (Å²) in [5, 5.41) is 21.9. The number of aromatic nitrogens is 4. The Labute approximate surface area is 316 Å². The molecule has 1 fully saturated rings. The molecule has 14 nitrogen and oxygen atoms in total. The van der Waals surface area contributed by atoms with Gasteiger partial charge in [0.25, 0.3) is 5.91 Å². The van der Waals surface area contributed by atoms with E-state index in [1.807, 2.05) is 23.1 Å². The molecule has 3 heterocycles. The number of nitrogens with two attached hydrogens (primary N) is 1. The predicted molar refractivity (Wildman–Crippen MR) is 200 cm³/mol. The summed E-state index contributed by atoms with van der Waals surface area (Å²) < 4.78 is 48.9. The number of amidine groups is 1. The van der Waals surface area contributed by atoms with Crippen molar-refractivity contribution in [3.05, 3.63) is 71.2 Å². The number of benzene rings is 3. The number of sulfonamides is 2. The molecule has 3 aliphatic rings. The number of fused-ring (bicyclic) bond motifs is 1. The SMILES string of the molecule is CCCCC1=NC2(CCCC2)C(=O)N1Cc1ccc(-c2ccccc2-c2nn[nH]n2)cc1.NS(=O)(=O)c1cc2c(cc1Cl)NC(C(Cl)Cl)NS2(=O)=O. The first kappa shape index (κ1) is 38.1. The highest BCUT2D eigenvalue weighted by atomic mass is 35.5. The summed E-state index contributed by atoms with van der Waals surface area (Å²) in [6.45, 7) is 2.76. The zero-order valence-corrected chi connectivity index (χ0v) is 31.8. The number of hydrogen-bond donors (Lipinski definition) is 4. The van der Waals surface area contributed by atoms with Crippen LogP contribution in [-0.4, -0.2) is 70.6 Å². The summed E-state index contributed by atoms with van der Waals surface area (Å²) in [7, 11) is -8.15. The van der Waals surface area contributed by atoms with E-state index in [0.29, 0.717) is 12.4 Å². The van der Waals surface area contributed by atoms with E-state index in [1.54, 1.807) is 0 Å². The third-order valence-electron chi connectivity index (χ3n) is 9.08. The van der Waals surface area contributed by atoms with Crippen molar-refractivity contribution in [1.29, 1.82) is 0 Å². The molecule has 1 unspecified atom stereocenters. The number of aromatic amines is 1. The quantitative estimate of drug-likeness (QED) is 0.155. The summed E-state index contributed by atoms with van der Waals surface area (Å²) in [5.74, 6) is 1.75. The van der Waals surface area contributed by atoms with E-state index in [4.69, 9.17) is 44.9 Å². The Hall–Kier alpha value is -3.64. The molecule has 276 valence electrons. The van der Waals surface area contributed by atoms with Gasteiger partial charge < -0.3 is 5.32 Å². The third-order valence-corrected chi connectivity index (χ3v) is 12.4. The van der Waals surface area contributed by atoms with Gasteiger partial charge in [0, 0.05) is 12.0 Å². The number of nitrogens with zero attached hydrogens (tertiary/aromatic N) is 5. The second-order valence-electron chi connectivity index (χ2n) is 12.6. The molecule has 0 radical (unpaired) electrons. The Bertz CT molecular complexity index is 2200. The maximum Gasteiger partial charge on any atom is 0.256 e. The van der Waals surface area contributed by atoms with Gasteiger partial charge in [-0.2, -0.15) is 9.94 Å². The van der Waals surface area contributed by atoms with Crippen molar-refractivity contribution >= 4 is 72.3 Å². The second kappa shape index (κ2) is 15.4. The van der Waals surface area contributed by atoms with Crippen molar-refractivity contribution in [2.45, 2.75) is 84.7 Å². The van der Waals surface area contributed by atoms with Crippen LogP contribution >= 0.6 is 34.8 Å². The lowest BCUT2D eigenvalue weighted by Crippen LogP contribution is -2.48. The van der Waals surface area contributed by atoms with Crippen molar-refractivity contribution < 1.29 is 21.6 Å². The highest BCUT2D eigenvalue weighted by molar-refractivity contribution is 7.90. The van der Waals surface area contributed by atoms with Crippen molar-refractivity contribution in [3.63, 3.8) is 0 Å². The molecule has 52 heavy (non-hydrogen) atoms. The summed E-state index contributed by atoms with van der Waals surface area (Å²) in [6.07, 6.45) is 6.05. The topological polar surface area (TPSA) is 205 Å². The van der Waals surface area contributed by atoms with Gasteiger partial charge in [-0.05, 0) is 53.3 Å². The van der Waals surface area contributed by atoms with Crippen LogP contribution in [0.5, 0.6) is 0 Å². The minimum atomic E-state index is -4.15. The van der Waals surface area contributed by atoms with Crippen LogP contribution < -0.4 is 15.2 Å². The molecule has 5 N–H and O–H groups in total. The number of anilines is 1. The minimum Gasteiger partial charge on any atom is -0.366 e. The Kier molecular flexibility index (Phi) is 11.3. The van der Waals surface area contributed by atoms with Gasteiger partial charge in [-0.1, -0.05) is 86.3 Å². The Morgan fingerprint density at radius 2 is 1.75 bits per heavy atom. The molecule has 1 atom stereocenters. The van der Waals surface area contributed by atoms with Gasteiger partial charge in [-0.3, -0.25) is 14.7 Å². The molecular formula is C33H36Cl3N9O5S2. The number of carbonyl (C=O) groups excluding carboxylic acids is 1. The molecule has 0 bridgehead atoms. The average Bonchev–Trinajstić information content (AvgIpc) is 3.86. The molecule has 1 saturated carbocycles. The first-order chi connectivity index (χ1) is 24.7. The summed E-state index contributed by atoms with van der Waals surface area (Å²) >= 11 is 17.0. The third kappa shape index (κ3) is 7.98. The molecule has 3 aromatic carbocycles. The van der Waals surface area contributed by atoms with E-state index < -0.39 is 41.5 Å². The highest BCUT2D eigenvalue weighted by Crippen LogP contribution is 2.40. The zero-order chi connectivity index (χ0) is 37.3. The number of aliphatic imine (C=N–C) groups is 1. The maximum atomic E-state index is 13.4. The first-order valence-corrected chi connectivity index (χ1v) is 20.8. The minimum absolute atomic E-state index is 0.0810. The number of alkyl halides is 2. The van der Waals surface area contributed by atoms with E-state index in [-0.39, 0.29) is 21.5 Å². The van der Waals surface area contributed by atoms with Gasteiger partial charge >= 0.3 is 0 Å². The van der Waals surface area contributed by atoms with Gasteiger partial charge in [-0.15, -0.1) is 33.4 Å². The molecule has 1 spiro atoms. The zero-order valence-electron chi connectivity index (χ0n) is 27.9. The molecule has 4 aromatic rings.